The van der Waals surface area contributed by atoms with Crippen LogP contribution in [0.25, 0.3) is 0 Å². The van der Waals surface area contributed by atoms with Crippen LogP contribution in [0.15, 0.2) is 41.9 Å². The lowest BCUT2D eigenvalue weighted by Gasteiger charge is -2.19. The third kappa shape index (κ3) is 4.64. The molecular weight excluding hydrogens is 294 g/mol. The second-order valence-corrected chi connectivity index (χ2v) is 5.18. The summed E-state index contributed by atoms with van der Waals surface area (Å²) in [7, 11) is 3.31. The maximum Gasteiger partial charge on any atom is 0.223 e. The van der Waals surface area contributed by atoms with Crippen molar-refractivity contribution in [1.82, 2.24) is 10.7 Å². The van der Waals surface area contributed by atoms with Gasteiger partial charge in [-0.1, -0.05) is 0 Å². The summed E-state index contributed by atoms with van der Waals surface area (Å²) in [5.74, 6) is 2.60. The first-order valence-electron chi connectivity index (χ1n) is 7.75. The Morgan fingerprint density at radius 3 is 2.78 bits per heavy atom. The van der Waals surface area contributed by atoms with Crippen LogP contribution in [-0.2, 0) is 11.3 Å². The number of hydrogen-bond donors (Lipinski definition) is 3. The van der Waals surface area contributed by atoms with Crippen molar-refractivity contribution in [2.75, 3.05) is 20.8 Å². The van der Waals surface area contributed by atoms with Crippen LogP contribution >= 0.6 is 0 Å². The number of quaternary nitrogens is 1. The third-order valence-electron chi connectivity index (χ3n) is 3.67. The van der Waals surface area contributed by atoms with Gasteiger partial charge < -0.3 is 19.5 Å². The van der Waals surface area contributed by atoms with Crippen molar-refractivity contribution in [3.63, 3.8) is 0 Å². The molecule has 0 aliphatic carbocycles. The molecule has 1 unspecified atom stereocenters. The summed E-state index contributed by atoms with van der Waals surface area (Å²) in [6.45, 7) is 5.40. The van der Waals surface area contributed by atoms with E-state index in [2.05, 4.69) is 16.8 Å². The molecule has 0 saturated carbocycles. The lowest BCUT2D eigenvalue weighted by molar-refractivity contribution is -0.662. The van der Waals surface area contributed by atoms with Gasteiger partial charge in [0, 0.05) is 36.4 Å². The zero-order chi connectivity index (χ0) is 16.7. The molecule has 0 spiro atoms. The maximum absolute atomic E-state index is 5.63. The van der Waals surface area contributed by atoms with Gasteiger partial charge in [-0.2, -0.15) is 0 Å². The SMILES string of the molecule is CCOC(C)C1=CN[NH2+]C(NCc2ccc(OC)cc2OC)=C1. The number of methoxy groups -OCH3 is 2. The van der Waals surface area contributed by atoms with Crippen molar-refractivity contribution < 1.29 is 19.6 Å². The van der Waals surface area contributed by atoms with Gasteiger partial charge in [0.1, 0.15) is 11.5 Å². The summed E-state index contributed by atoms with van der Waals surface area (Å²) in [4.78, 5) is 0. The molecule has 1 aromatic carbocycles. The fraction of sp³-hybridized carbons (Fsp3) is 0.412. The van der Waals surface area contributed by atoms with Crippen LogP contribution in [0.2, 0.25) is 0 Å². The van der Waals surface area contributed by atoms with E-state index < -0.39 is 0 Å². The number of rotatable bonds is 8. The quantitative estimate of drug-likeness (QED) is 0.624. The Labute approximate surface area is 137 Å². The number of ether oxygens (including phenoxy) is 3. The molecule has 0 amide bonds. The summed E-state index contributed by atoms with van der Waals surface area (Å²) < 4.78 is 16.3. The fourth-order valence-electron chi connectivity index (χ4n) is 2.37. The van der Waals surface area contributed by atoms with Crippen molar-refractivity contribution in [3.05, 3.63) is 47.4 Å². The minimum Gasteiger partial charge on any atom is -0.497 e. The second kappa shape index (κ2) is 8.45. The normalized spacial score (nSPS) is 15.1. The van der Waals surface area contributed by atoms with Crippen molar-refractivity contribution in [2.24, 2.45) is 0 Å². The Hall–Kier alpha value is -2.18. The minimum absolute atomic E-state index is 0.0634. The number of benzene rings is 1. The highest BCUT2D eigenvalue weighted by Crippen LogP contribution is 2.24. The molecule has 1 atom stereocenters. The number of nitrogens with one attached hydrogen (secondary N) is 2. The van der Waals surface area contributed by atoms with Crippen LogP contribution in [0.5, 0.6) is 11.5 Å². The second-order valence-electron chi connectivity index (χ2n) is 5.18. The van der Waals surface area contributed by atoms with E-state index in [9.17, 15) is 0 Å². The summed E-state index contributed by atoms with van der Waals surface area (Å²) >= 11 is 0. The minimum atomic E-state index is 0.0634. The maximum atomic E-state index is 5.63. The van der Waals surface area contributed by atoms with Gasteiger partial charge in [0.05, 0.1) is 26.5 Å². The topological polar surface area (TPSA) is 68.4 Å². The van der Waals surface area contributed by atoms with Gasteiger partial charge in [0.2, 0.25) is 5.82 Å². The molecule has 0 aromatic heterocycles. The van der Waals surface area contributed by atoms with Crippen LogP contribution < -0.4 is 25.6 Å². The molecule has 1 aliphatic heterocycles. The Kier molecular flexibility index (Phi) is 6.31. The van der Waals surface area contributed by atoms with Crippen LogP contribution in [0.1, 0.15) is 19.4 Å². The van der Waals surface area contributed by atoms with Crippen LogP contribution in [-0.4, -0.2) is 26.9 Å². The van der Waals surface area contributed by atoms with E-state index in [4.69, 9.17) is 14.2 Å². The van der Waals surface area contributed by atoms with Gasteiger partial charge in [-0.3, -0.25) is 0 Å². The molecule has 1 aromatic rings. The highest BCUT2D eigenvalue weighted by molar-refractivity contribution is 5.40. The zero-order valence-electron chi connectivity index (χ0n) is 14.2. The molecule has 126 valence electrons. The molecule has 23 heavy (non-hydrogen) atoms. The fourth-order valence-corrected chi connectivity index (χ4v) is 2.37. The smallest absolute Gasteiger partial charge is 0.223 e. The van der Waals surface area contributed by atoms with E-state index in [1.807, 2.05) is 43.7 Å². The summed E-state index contributed by atoms with van der Waals surface area (Å²) in [5.41, 5.74) is 7.26. The lowest BCUT2D eigenvalue weighted by atomic mass is 10.1. The Balaban J connectivity index is 2.02. The first-order valence-corrected chi connectivity index (χ1v) is 7.75. The van der Waals surface area contributed by atoms with Crippen LogP contribution in [0, 0.1) is 0 Å². The van der Waals surface area contributed by atoms with Gasteiger partial charge >= 0.3 is 0 Å². The predicted octanol–water partition coefficient (Wildman–Crippen LogP) is 1.03. The molecule has 0 radical (unpaired) electrons. The third-order valence-corrected chi connectivity index (χ3v) is 3.67. The largest absolute Gasteiger partial charge is 0.497 e. The molecule has 4 N–H and O–H groups in total. The molecule has 2 rings (SSSR count). The molecule has 0 fully saturated rings. The molecule has 6 nitrogen and oxygen atoms in total. The van der Waals surface area contributed by atoms with E-state index in [0.29, 0.717) is 13.2 Å². The van der Waals surface area contributed by atoms with E-state index in [0.717, 1.165) is 28.5 Å². The molecule has 1 heterocycles. The van der Waals surface area contributed by atoms with E-state index >= 15 is 0 Å². The highest BCUT2D eigenvalue weighted by atomic mass is 16.5. The monoisotopic (exact) mass is 320 g/mol. The van der Waals surface area contributed by atoms with Gasteiger partial charge in [0.25, 0.3) is 0 Å². The van der Waals surface area contributed by atoms with Crippen LogP contribution in [0.3, 0.4) is 0 Å². The predicted molar refractivity (Wildman–Crippen MR) is 88.7 cm³/mol. The Morgan fingerprint density at radius 2 is 2.09 bits per heavy atom. The molecule has 1 aliphatic rings. The lowest BCUT2D eigenvalue weighted by Crippen LogP contribution is -2.92. The van der Waals surface area contributed by atoms with Crippen LogP contribution in [0.4, 0.5) is 0 Å². The van der Waals surface area contributed by atoms with E-state index in [-0.39, 0.29) is 6.10 Å². The van der Waals surface area contributed by atoms with Crippen molar-refractivity contribution in [3.8, 4) is 11.5 Å². The van der Waals surface area contributed by atoms with Gasteiger partial charge in [-0.15, -0.1) is 0 Å². The molecular formula is C17H26N3O3+. The molecule has 0 saturated heterocycles. The first-order chi connectivity index (χ1) is 11.2. The summed E-state index contributed by atoms with van der Waals surface area (Å²) in [6, 6.07) is 5.82. The first kappa shape index (κ1) is 17.2. The molecule has 6 heteroatoms. The highest BCUT2D eigenvalue weighted by Gasteiger charge is 2.15. The average molecular weight is 320 g/mol. The van der Waals surface area contributed by atoms with Crippen molar-refractivity contribution >= 4 is 0 Å². The molecule has 0 bridgehead atoms. The Morgan fingerprint density at radius 1 is 1.26 bits per heavy atom. The van der Waals surface area contributed by atoms with E-state index in [1.54, 1.807) is 14.2 Å². The zero-order valence-corrected chi connectivity index (χ0v) is 14.2. The van der Waals surface area contributed by atoms with Crippen molar-refractivity contribution in [2.45, 2.75) is 26.5 Å². The standard InChI is InChI=1S/C17H25N3O3/c1-5-23-12(2)14-8-17(20-19-11-14)18-10-13-6-7-15(21-3)9-16(13)22-4/h6-9,11-12,18-20H,5,10H2,1-4H3/p+1. The Bertz CT molecular complexity index is 584. The van der Waals surface area contributed by atoms with Gasteiger partial charge in [-0.25, -0.2) is 10.9 Å². The average Bonchev–Trinajstić information content (AvgIpc) is 2.60. The van der Waals surface area contributed by atoms with Gasteiger partial charge in [-0.05, 0) is 26.0 Å². The number of nitrogens with two attached hydrogens (primary N) is 1. The number of hydrogen-bond acceptors (Lipinski definition) is 5. The van der Waals surface area contributed by atoms with Crippen molar-refractivity contribution in [1.29, 1.82) is 0 Å². The summed E-state index contributed by atoms with van der Waals surface area (Å²) in [6.07, 6.45) is 4.11. The van der Waals surface area contributed by atoms with E-state index in [1.165, 1.54) is 0 Å². The summed E-state index contributed by atoms with van der Waals surface area (Å²) in [5, 5.41) is 3.40. The van der Waals surface area contributed by atoms with Gasteiger partial charge in [0.15, 0.2) is 0 Å².